The molecule has 0 saturated heterocycles. The molecule has 0 bridgehead atoms. The van der Waals surface area contributed by atoms with E-state index < -0.39 is 12.2 Å². The lowest BCUT2D eigenvalue weighted by Gasteiger charge is -2.00. The summed E-state index contributed by atoms with van der Waals surface area (Å²) in [5.74, 6) is -0.853. The molecule has 0 spiro atoms. The van der Waals surface area contributed by atoms with Crippen molar-refractivity contribution in [3.8, 4) is 5.75 Å². The molecule has 0 radical (unpaired) electrons. The third-order valence-corrected chi connectivity index (χ3v) is 1.42. The largest absolute Gasteiger partial charge is 0.495 e. The fraction of sp³-hybridized carbons (Fsp3) is 0.250. The Morgan fingerprint density at radius 3 is 2.62 bits per heavy atom. The van der Waals surface area contributed by atoms with Gasteiger partial charge in [-0.05, 0) is 12.1 Å². The molecule has 0 unspecified atom stereocenters. The van der Waals surface area contributed by atoms with Crippen LogP contribution in [0.4, 0.5) is 8.78 Å². The summed E-state index contributed by atoms with van der Waals surface area (Å²) in [6.07, 6.45) is -1.80. The van der Waals surface area contributed by atoms with Crippen LogP contribution in [0.2, 0.25) is 0 Å². The Morgan fingerprint density at radius 2 is 2.23 bits per heavy atom. The van der Waals surface area contributed by atoms with E-state index in [4.69, 9.17) is 4.74 Å². The Kier molecular flexibility index (Phi) is 2.89. The van der Waals surface area contributed by atoms with Gasteiger partial charge in [-0.3, -0.25) is 4.79 Å². The van der Waals surface area contributed by atoms with Crippen molar-refractivity contribution in [1.82, 2.24) is 4.98 Å². The number of methoxy groups -OCH3 is 1. The minimum absolute atomic E-state index is 0.254. The van der Waals surface area contributed by atoms with E-state index in [-0.39, 0.29) is 5.69 Å². The lowest BCUT2D eigenvalue weighted by molar-refractivity contribution is 0.0673. The smallest absolute Gasteiger partial charge is 0.302 e. The van der Waals surface area contributed by atoms with Crippen molar-refractivity contribution in [2.75, 3.05) is 7.11 Å². The van der Waals surface area contributed by atoms with Crippen molar-refractivity contribution < 1.29 is 18.3 Å². The van der Waals surface area contributed by atoms with E-state index in [1.165, 1.54) is 25.4 Å². The Bertz CT molecular complexity index is 298. The predicted octanol–water partition coefficient (Wildman–Crippen LogP) is 1.54. The maximum atomic E-state index is 11.9. The molecular formula is C8H7F2NO2. The number of pyridine rings is 1. The van der Waals surface area contributed by atoms with Gasteiger partial charge in [-0.15, -0.1) is 0 Å². The van der Waals surface area contributed by atoms with E-state index in [2.05, 4.69) is 4.98 Å². The van der Waals surface area contributed by atoms with Crippen LogP contribution in [0.15, 0.2) is 18.3 Å². The van der Waals surface area contributed by atoms with Crippen LogP contribution in [0, 0.1) is 0 Å². The molecule has 0 saturated carbocycles. The maximum Gasteiger partial charge on any atom is 0.302 e. The number of halogens is 2. The molecule has 0 aliphatic rings. The number of alkyl halides is 2. The molecule has 0 aromatic carbocycles. The number of carbonyl (C=O) groups excluding carboxylic acids is 1. The highest BCUT2D eigenvalue weighted by Gasteiger charge is 2.18. The Hall–Kier alpha value is -1.52. The third-order valence-electron chi connectivity index (χ3n) is 1.42. The topological polar surface area (TPSA) is 39.2 Å². The first-order valence-corrected chi connectivity index (χ1v) is 3.47. The molecule has 0 atom stereocenters. The van der Waals surface area contributed by atoms with Crippen LogP contribution in [-0.4, -0.2) is 24.3 Å². The summed E-state index contributed by atoms with van der Waals surface area (Å²) in [4.78, 5) is 14.2. The summed E-state index contributed by atoms with van der Waals surface area (Å²) in [5.41, 5.74) is -0.254. The molecule has 0 aliphatic carbocycles. The molecule has 0 fully saturated rings. The van der Waals surface area contributed by atoms with E-state index >= 15 is 0 Å². The van der Waals surface area contributed by atoms with Gasteiger partial charge in [-0.25, -0.2) is 13.8 Å². The van der Waals surface area contributed by atoms with Gasteiger partial charge in [0.05, 0.1) is 13.3 Å². The van der Waals surface area contributed by atoms with Crippen LogP contribution >= 0.6 is 0 Å². The second-order valence-electron chi connectivity index (χ2n) is 2.25. The first kappa shape index (κ1) is 9.57. The maximum absolute atomic E-state index is 11.9. The number of aromatic nitrogens is 1. The third kappa shape index (κ3) is 2.21. The molecule has 0 aliphatic heterocycles. The van der Waals surface area contributed by atoms with Crippen LogP contribution in [0.3, 0.4) is 0 Å². The van der Waals surface area contributed by atoms with Gasteiger partial charge in [0, 0.05) is 0 Å². The van der Waals surface area contributed by atoms with Crippen molar-refractivity contribution in [2.45, 2.75) is 6.43 Å². The zero-order valence-electron chi connectivity index (χ0n) is 6.83. The summed E-state index contributed by atoms with van der Waals surface area (Å²) in [5, 5.41) is 0. The summed E-state index contributed by atoms with van der Waals surface area (Å²) < 4.78 is 28.5. The van der Waals surface area contributed by atoms with Gasteiger partial charge < -0.3 is 4.74 Å². The average Bonchev–Trinajstić information content (AvgIpc) is 2.17. The van der Waals surface area contributed by atoms with E-state index in [0.29, 0.717) is 5.75 Å². The predicted molar refractivity (Wildman–Crippen MR) is 41.1 cm³/mol. The van der Waals surface area contributed by atoms with Gasteiger partial charge in [0.15, 0.2) is 0 Å². The zero-order chi connectivity index (χ0) is 9.84. The molecule has 70 valence electrons. The molecule has 3 nitrogen and oxygen atoms in total. The molecule has 5 heteroatoms. The lowest BCUT2D eigenvalue weighted by Crippen LogP contribution is -2.11. The first-order chi connectivity index (χ1) is 6.15. The van der Waals surface area contributed by atoms with Crippen molar-refractivity contribution in [3.05, 3.63) is 24.0 Å². The number of hydrogen-bond acceptors (Lipinski definition) is 3. The quantitative estimate of drug-likeness (QED) is 0.673. The van der Waals surface area contributed by atoms with Crippen molar-refractivity contribution in [1.29, 1.82) is 0 Å². The SMILES string of the molecule is COc1ccc(C(=O)C(F)F)nc1. The van der Waals surface area contributed by atoms with Crippen LogP contribution in [0.1, 0.15) is 10.5 Å². The zero-order valence-corrected chi connectivity index (χ0v) is 6.83. The van der Waals surface area contributed by atoms with Gasteiger partial charge >= 0.3 is 6.43 Å². The molecule has 0 amide bonds. The van der Waals surface area contributed by atoms with Crippen molar-refractivity contribution in [3.63, 3.8) is 0 Å². The van der Waals surface area contributed by atoms with E-state index in [1.807, 2.05) is 0 Å². The number of rotatable bonds is 3. The highest BCUT2D eigenvalue weighted by Crippen LogP contribution is 2.10. The first-order valence-electron chi connectivity index (χ1n) is 3.47. The Labute approximate surface area is 73.4 Å². The average molecular weight is 187 g/mol. The monoisotopic (exact) mass is 187 g/mol. The van der Waals surface area contributed by atoms with Crippen LogP contribution < -0.4 is 4.74 Å². The summed E-state index contributed by atoms with van der Waals surface area (Å²) in [7, 11) is 1.42. The van der Waals surface area contributed by atoms with Gasteiger partial charge in [0.2, 0.25) is 5.78 Å². The summed E-state index contributed by atoms with van der Waals surface area (Å²) >= 11 is 0. The number of nitrogens with zero attached hydrogens (tertiary/aromatic N) is 1. The van der Waals surface area contributed by atoms with E-state index in [0.717, 1.165) is 0 Å². The Balaban J connectivity index is 2.86. The molecular weight excluding hydrogens is 180 g/mol. The fourth-order valence-corrected chi connectivity index (χ4v) is 0.759. The van der Waals surface area contributed by atoms with Gasteiger partial charge in [0.1, 0.15) is 11.4 Å². The van der Waals surface area contributed by atoms with Crippen LogP contribution in [-0.2, 0) is 0 Å². The van der Waals surface area contributed by atoms with Gasteiger partial charge in [-0.1, -0.05) is 0 Å². The molecule has 1 aromatic rings. The van der Waals surface area contributed by atoms with Crippen LogP contribution in [0.25, 0.3) is 0 Å². The number of carbonyl (C=O) groups is 1. The molecule has 1 heterocycles. The second kappa shape index (κ2) is 3.93. The molecule has 1 rings (SSSR count). The van der Waals surface area contributed by atoms with Crippen LogP contribution in [0.5, 0.6) is 5.75 Å². The molecule has 1 aromatic heterocycles. The second-order valence-corrected chi connectivity index (χ2v) is 2.25. The normalized spacial score (nSPS) is 10.2. The summed E-state index contributed by atoms with van der Waals surface area (Å²) in [6, 6.07) is 2.61. The Morgan fingerprint density at radius 1 is 1.54 bits per heavy atom. The van der Waals surface area contributed by atoms with E-state index in [1.54, 1.807) is 0 Å². The number of ketones is 1. The van der Waals surface area contributed by atoms with E-state index in [9.17, 15) is 13.6 Å². The molecule has 0 N–H and O–H groups in total. The van der Waals surface area contributed by atoms with Crippen molar-refractivity contribution in [2.24, 2.45) is 0 Å². The minimum atomic E-state index is -3.01. The minimum Gasteiger partial charge on any atom is -0.495 e. The summed E-state index contributed by atoms with van der Waals surface area (Å²) in [6.45, 7) is 0. The molecule has 13 heavy (non-hydrogen) atoms. The fourth-order valence-electron chi connectivity index (χ4n) is 0.759. The number of hydrogen-bond donors (Lipinski definition) is 0. The van der Waals surface area contributed by atoms with Gasteiger partial charge in [-0.2, -0.15) is 0 Å². The van der Waals surface area contributed by atoms with Crippen molar-refractivity contribution >= 4 is 5.78 Å². The standard InChI is InChI=1S/C8H7F2NO2/c1-13-5-2-3-6(11-4-5)7(12)8(9)10/h2-4,8H,1H3. The highest BCUT2D eigenvalue weighted by molar-refractivity contribution is 5.96. The van der Waals surface area contributed by atoms with Gasteiger partial charge in [0.25, 0.3) is 0 Å². The number of Topliss-reactive ketones (excluding diaryl/α,β-unsaturated/α-hetero) is 1. The highest BCUT2D eigenvalue weighted by atomic mass is 19.3. The number of ether oxygens (including phenoxy) is 1. The lowest BCUT2D eigenvalue weighted by atomic mass is 10.2.